The van der Waals surface area contributed by atoms with E-state index in [9.17, 15) is 4.79 Å². The molecule has 0 aliphatic carbocycles. The van der Waals surface area contributed by atoms with Crippen LogP contribution in [0.15, 0.2) is 18.2 Å². The quantitative estimate of drug-likeness (QED) is 0.568. The van der Waals surface area contributed by atoms with E-state index in [4.69, 9.17) is 10.6 Å². The smallest absolute Gasteiger partial charge is 0.279 e. The zero-order chi connectivity index (χ0) is 10.7. The number of hydrogen-bond acceptors (Lipinski definition) is 3. The number of nitrogens with zero attached hydrogens (tertiary/aromatic N) is 1. The van der Waals surface area contributed by atoms with E-state index >= 15 is 0 Å². The number of aryl methyl sites for hydroxylation is 1. The van der Waals surface area contributed by atoms with Crippen LogP contribution in [0.25, 0.3) is 0 Å². The molecule has 1 amide bonds. The lowest BCUT2D eigenvalue weighted by molar-refractivity contribution is -0.0756. The lowest BCUT2D eigenvalue weighted by atomic mass is 10.1. The lowest BCUT2D eigenvalue weighted by Gasteiger charge is -2.15. The van der Waals surface area contributed by atoms with E-state index in [1.807, 2.05) is 13.0 Å². The SMILES string of the molecule is CON(C)C(=O)c1cccc(C)c1N. The standard InChI is InChI=1S/C10H14N2O2/c1-7-5-4-6-8(9(7)11)10(13)12(2)14-3/h4-6H,11H2,1-3H3. The molecule has 0 heterocycles. The number of rotatable bonds is 2. The Morgan fingerprint density at radius 2 is 2.14 bits per heavy atom. The van der Waals surface area contributed by atoms with E-state index in [0.29, 0.717) is 11.3 Å². The van der Waals surface area contributed by atoms with Crippen molar-refractivity contribution in [3.8, 4) is 0 Å². The van der Waals surface area contributed by atoms with Crippen LogP contribution in [0.5, 0.6) is 0 Å². The highest BCUT2D eigenvalue weighted by Crippen LogP contribution is 2.17. The van der Waals surface area contributed by atoms with Gasteiger partial charge >= 0.3 is 0 Å². The molecular formula is C10H14N2O2. The summed E-state index contributed by atoms with van der Waals surface area (Å²) in [6.45, 7) is 1.86. The van der Waals surface area contributed by atoms with E-state index in [0.717, 1.165) is 10.6 Å². The Balaban J connectivity index is 3.07. The molecule has 0 radical (unpaired) electrons. The molecule has 14 heavy (non-hydrogen) atoms. The van der Waals surface area contributed by atoms with Crippen LogP contribution in [0.1, 0.15) is 15.9 Å². The van der Waals surface area contributed by atoms with Crippen molar-refractivity contribution in [3.63, 3.8) is 0 Å². The van der Waals surface area contributed by atoms with Gasteiger partial charge in [0.2, 0.25) is 0 Å². The maximum atomic E-state index is 11.7. The van der Waals surface area contributed by atoms with Crippen LogP contribution >= 0.6 is 0 Å². The molecule has 4 nitrogen and oxygen atoms in total. The van der Waals surface area contributed by atoms with E-state index in [2.05, 4.69) is 0 Å². The molecule has 0 spiro atoms. The molecule has 0 aliphatic rings. The van der Waals surface area contributed by atoms with Crippen LogP contribution in [0.4, 0.5) is 5.69 Å². The van der Waals surface area contributed by atoms with Gasteiger partial charge in [0.1, 0.15) is 0 Å². The molecular weight excluding hydrogens is 180 g/mol. The highest BCUT2D eigenvalue weighted by Gasteiger charge is 2.14. The molecule has 4 heteroatoms. The Bertz CT molecular complexity index is 350. The van der Waals surface area contributed by atoms with Crippen LogP contribution in [-0.4, -0.2) is 25.1 Å². The first-order chi connectivity index (χ1) is 6.57. The molecule has 2 N–H and O–H groups in total. The summed E-state index contributed by atoms with van der Waals surface area (Å²) in [5, 5.41) is 1.14. The first kappa shape index (κ1) is 10.5. The lowest BCUT2D eigenvalue weighted by Crippen LogP contribution is -2.26. The highest BCUT2D eigenvalue weighted by molar-refractivity contribution is 5.98. The molecule has 1 rings (SSSR count). The molecule has 1 aromatic carbocycles. The number of nitrogen functional groups attached to an aromatic ring is 1. The molecule has 0 unspecified atom stereocenters. The second-order valence-electron chi connectivity index (χ2n) is 3.02. The minimum absolute atomic E-state index is 0.242. The molecule has 0 atom stereocenters. The van der Waals surface area contributed by atoms with Gasteiger partial charge in [-0.25, -0.2) is 5.06 Å². The van der Waals surface area contributed by atoms with Gasteiger partial charge in [-0.3, -0.25) is 9.63 Å². The molecule has 0 saturated heterocycles. The number of benzene rings is 1. The fraction of sp³-hybridized carbons (Fsp3) is 0.300. The van der Waals surface area contributed by atoms with E-state index in [1.54, 1.807) is 19.2 Å². The topological polar surface area (TPSA) is 55.6 Å². The number of carbonyl (C=O) groups is 1. The minimum Gasteiger partial charge on any atom is -0.398 e. The highest BCUT2D eigenvalue weighted by atomic mass is 16.7. The Kier molecular flexibility index (Phi) is 3.09. The normalized spacial score (nSPS) is 9.93. The Labute approximate surface area is 83.2 Å². The molecule has 0 aliphatic heterocycles. The average Bonchev–Trinajstić information content (AvgIpc) is 2.20. The number of nitrogens with two attached hydrogens (primary N) is 1. The number of carbonyl (C=O) groups excluding carboxylic acids is 1. The molecule has 1 aromatic rings. The number of anilines is 1. The van der Waals surface area contributed by atoms with Crippen molar-refractivity contribution >= 4 is 11.6 Å². The van der Waals surface area contributed by atoms with Crippen molar-refractivity contribution in [3.05, 3.63) is 29.3 Å². The van der Waals surface area contributed by atoms with Gasteiger partial charge in [0, 0.05) is 12.7 Å². The third-order valence-electron chi connectivity index (χ3n) is 2.11. The van der Waals surface area contributed by atoms with Crippen molar-refractivity contribution in [2.75, 3.05) is 19.9 Å². The Hall–Kier alpha value is -1.55. The summed E-state index contributed by atoms with van der Waals surface area (Å²) in [6, 6.07) is 5.33. The van der Waals surface area contributed by atoms with Crippen molar-refractivity contribution < 1.29 is 9.63 Å². The van der Waals surface area contributed by atoms with E-state index in [-0.39, 0.29) is 5.91 Å². The van der Waals surface area contributed by atoms with Gasteiger partial charge < -0.3 is 5.73 Å². The van der Waals surface area contributed by atoms with Crippen LogP contribution in [0.3, 0.4) is 0 Å². The minimum atomic E-state index is -0.242. The fourth-order valence-electron chi connectivity index (χ4n) is 1.12. The van der Waals surface area contributed by atoms with Crippen molar-refractivity contribution in [1.82, 2.24) is 5.06 Å². The third kappa shape index (κ3) is 1.85. The largest absolute Gasteiger partial charge is 0.398 e. The second kappa shape index (κ2) is 4.11. The van der Waals surface area contributed by atoms with Crippen LogP contribution in [0, 0.1) is 6.92 Å². The van der Waals surface area contributed by atoms with Crippen LogP contribution in [0.2, 0.25) is 0 Å². The summed E-state index contributed by atoms with van der Waals surface area (Å²) in [7, 11) is 2.98. The van der Waals surface area contributed by atoms with Gasteiger partial charge in [0.05, 0.1) is 12.7 Å². The zero-order valence-corrected chi connectivity index (χ0v) is 8.57. The van der Waals surface area contributed by atoms with Crippen molar-refractivity contribution in [1.29, 1.82) is 0 Å². The van der Waals surface area contributed by atoms with Gasteiger partial charge in [-0.15, -0.1) is 0 Å². The summed E-state index contributed by atoms with van der Waals surface area (Å²) in [5.74, 6) is -0.242. The Morgan fingerprint density at radius 1 is 1.50 bits per heavy atom. The molecule has 0 fully saturated rings. The monoisotopic (exact) mass is 194 g/mol. The van der Waals surface area contributed by atoms with Gasteiger partial charge in [0.15, 0.2) is 0 Å². The summed E-state index contributed by atoms with van der Waals surface area (Å²) < 4.78 is 0. The van der Waals surface area contributed by atoms with Crippen LogP contribution in [-0.2, 0) is 4.84 Å². The second-order valence-corrected chi connectivity index (χ2v) is 3.02. The number of hydroxylamine groups is 2. The fourth-order valence-corrected chi connectivity index (χ4v) is 1.12. The summed E-state index contributed by atoms with van der Waals surface area (Å²) in [5.41, 5.74) is 7.63. The summed E-state index contributed by atoms with van der Waals surface area (Å²) in [4.78, 5) is 16.5. The van der Waals surface area contributed by atoms with Gasteiger partial charge in [-0.05, 0) is 18.6 Å². The third-order valence-corrected chi connectivity index (χ3v) is 2.11. The van der Waals surface area contributed by atoms with Gasteiger partial charge in [-0.2, -0.15) is 0 Å². The molecule has 0 saturated carbocycles. The number of para-hydroxylation sites is 1. The summed E-state index contributed by atoms with van der Waals surface area (Å²) >= 11 is 0. The zero-order valence-electron chi connectivity index (χ0n) is 8.57. The predicted molar refractivity (Wildman–Crippen MR) is 54.7 cm³/mol. The molecule has 0 aromatic heterocycles. The predicted octanol–water partition coefficient (Wildman–Crippen LogP) is 1.21. The number of amides is 1. The van der Waals surface area contributed by atoms with E-state index < -0.39 is 0 Å². The van der Waals surface area contributed by atoms with Gasteiger partial charge in [0.25, 0.3) is 5.91 Å². The maximum Gasteiger partial charge on any atom is 0.279 e. The first-order valence-electron chi connectivity index (χ1n) is 4.25. The van der Waals surface area contributed by atoms with Crippen molar-refractivity contribution in [2.24, 2.45) is 0 Å². The molecule has 0 bridgehead atoms. The van der Waals surface area contributed by atoms with E-state index in [1.165, 1.54) is 7.11 Å². The maximum absolute atomic E-state index is 11.7. The van der Waals surface area contributed by atoms with Crippen molar-refractivity contribution in [2.45, 2.75) is 6.92 Å². The number of hydrogen-bond donors (Lipinski definition) is 1. The van der Waals surface area contributed by atoms with Gasteiger partial charge in [-0.1, -0.05) is 12.1 Å². The molecule has 76 valence electrons. The first-order valence-corrected chi connectivity index (χ1v) is 4.25. The summed E-state index contributed by atoms with van der Waals surface area (Å²) in [6.07, 6.45) is 0. The Morgan fingerprint density at radius 3 is 2.71 bits per heavy atom. The average molecular weight is 194 g/mol. The van der Waals surface area contributed by atoms with Crippen LogP contribution < -0.4 is 5.73 Å².